The first-order chi connectivity index (χ1) is 7.25. The summed E-state index contributed by atoms with van der Waals surface area (Å²) in [7, 11) is 0. The van der Waals surface area contributed by atoms with Crippen LogP contribution < -0.4 is 5.56 Å². The summed E-state index contributed by atoms with van der Waals surface area (Å²) in [5.41, 5.74) is -0.0642. The first-order valence-electron chi connectivity index (χ1n) is 4.37. The van der Waals surface area contributed by atoms with E-state index in [1.807, 2.05) is 0 Å². The minimum Gasteiger partial charge on any atom is -0.307 e. The van der Waals surface area contributed by atoms with Crippen molar-refractivity contribution in [2.45, 2.75) is 6.54 Å². The molecule has 2 aromatic rings. The van der Waals surface area contributed by atoms with E-state index in [1.165, 1.54) is 6.07 Å². The molecule has 0 amide bonds. The smallest absolute Gasteiger partial charge is 0.250 e. The Morgan fingerprint density at radius 1 is 1.27 bits per heavy atom. The highest BCUT2D eigenvalue weighted by Gasteiger charge is 1.99. The minimum atomic E-state index is -0.0642. The first kappa shape index (κ1) is 10.0. The van der Waals surface area contributed by atoms with Crippen LogP contribution in [0.25, 0.3) is 0 Å². The molecule has 0 atom stereocenters. The molecule has 2 heterocycles. The molecule has 0 unspecified atom stereocenters. The molecule has 0 aliphatic heterocycles. The summed E-state index contributed by atoms with van der Waals surface area (Å²) in [4.78, 5) is 19.6. The molecule has 0 saturated carbocycles. The lowest BCUT2D eigenvalue weighted by Gasteiger charge is -2.03. The number of hydrogen-bond acceptors (Lipinski definition) is 3. The van der Waals surface area contributed by atoms with E-state index in [9.17, 15) is 4.79 Å². The van der Waals surface area contributed by atoms with Crippen LogP contribution >= 0.6 is 15.9 Å². The van der Waals surface area contributed by atoms with Crippen molar-refractivity contribution in [1.82, 2.24) is 14.5 Å². The van der Waals surface area contributed by atoms with Gasteiger partial charge in [-0.25, -0.2) is 9.97 Å². The third kappa shape index (κ3) is 2.50. The summed E-state index contributed by atoms with van der Waals surface area (Å²) in [5, 5.41) is 0. The molecule has 15 heavy (non-hydrogen) atoms. The van der Waals surface area contributed by atoms with E-state index in [1.54, 1.807) is 35.3 Å². The fraction of sp³-hybridized carbons (Fsp3) is 0.100. The van der Waals surface area contributed by atoms with Crippen LogP contribution in [0.4, 0.5) is 0 Å². The Morgan fingerprint density at radius 2 is 2.00 bits per heavy atom. The van der Waals surface area contributed by atoms with E-state index in [4.69, 9.17) is 0 Å². The van der Waals surface area contributed by atoms with Crippen molar-refractivity contribution in [3.8, 4) is 0 Å². The van der Waals surface area contributed by atoms with E-state index in [0.29, 0.717) is 12.4 Å². The van der Waals surface area contributed by atoms with Crippen molar-refractivity contribution in [3.63, 3.8) is 0 Å². The Bertz CT molecular complexity index is 510. The predicted molar refractivity (Wildman–Crippen MR) is 59.5 cm³/mol. The van der Waals surface area contributed by atoms with Gasteiger partial charge in [0, 0.05) is 29.1 Å². The van der Waals surface area contributed by atoms with Gasteiger partial charge >= 0.3 is 0 Å². The molecular formula is C10H8BrN3O. The summed E-state index contributed by atoms with van der Waals surface area (Å²) >= 11 is 3.31. The summed E-state index contributed by atoms with van der Waals surface area (Å²) in [6.45, 7) is 0.388. The molecule has 0 spiro atoms. The molecule has 5 heteroatoms. The molecule has 0 aliphatic carbocycles. The van der Waals surface area contributed by atoms with E-state index in [0.717, 1.165) is 4.47 Å². The van der Waals surface area contributed by atoms with E-state index >= 15 is 0 Å². The van der Waals surface area contributed by atoms with Crippen LogP contribution in [0.1, 0.15) is 5.82 Å². The van der Waals surface area contributed by atoms with Crippen LogP contribution in [0.3, 0.4) is 0 Å². The maximum Gasteiger partial charge on any atom is 0.250 e. The highest BCUT2D eigenvalue weighted by atomic mass is 79.9. The maximum absolute atomic E-state index is 11.5. The van der Waals surface area contributed by atoms with Gasteiger partial charge in [-0.15, -0.1) is 0 Å². The molecule has 0 saturated heterocycles. The summed E-state index contributed by atoms with van der Waals surface area (Å²) < 4.78 is 2.41. The van der Waals surface area contributed by atoms with E-state index in [-0.39, 0.29) is 5.56 Å². The fourth-order valence-corrected chi connectivity index (χ4v) is 1.57. The second-order valence-corrected chi connectivity index (χ2v) is 3.89. The standard InChI is InChI=1S/C10H8BrN3O/c11-8-2-3-10(15)14(6-8)7-9-12-4-1-5-13-9/h1-6H,7H2. The van der Waals surface area contributed by atoms with Gasteiger partial charge in [0.2, 0.25) is 0 Å². The van der Waals surface area contributed by atoms with Crippen LogP contribution in [0.5, 0.6) is 0 Å². The fourth-order valence-electron chi connectivity index (χ4n) is 1.19. The molecule has 76 valence electrons. The average Bonchev–Trinajstić information content (AvgIpc) is 2.25. The van der Waals surface area contributed by atoms with Crippen molar-refractivity contribution in [1.29, 1.82) is 0 Å². The quantitative estimate of drug-likeness (QED) is 0.826. The summed E-state index contributed by atoms with van der Waals surface area (Å²) in [6.07, 6.45) is 5.04. The van der Waals surface area contributed by atoms with Gasteiger partial charge in [0.05, 0.1) is 6.54 Å². The topological polar surface area (TPSA) is 47.8 Å². The average molecular weight is 266 g/mol. The lowest BCUT2D eigenvalue weighted by atomic mass is 10.4. The predicted octanol–water partition coefficient (Wildman–Crippen LogP) is 1.45. The molecule has 0 aliphatic rings. The molecule has 0 radical (unpaired) electrons. The van der Waals surface area contributed by atoms with Gasteiger partial charge in [-0.3, -0.25) is 4.79 Å². The normalized spacial score (nSPS) is 10.2. The van der Waals surface area contributed by atoms with Gasteiger partial charge in [-0.05, 0) is 28.1 Å². The molecular weight excluding hydrogens is 258 g/mol. The van der Waals surface area contributed by atoms with Crippen molar-refractivity contribution in [2.24, 2.45) is 0 Å². The van der Waals surface area contributed by atoms with E-state index in [2.05, 4.69) is 25.9 Å². The van der Waals surface area contributed by atoms with Gasteiger partial charge in [0.25, 0.3) is 5.56 Å². The Balaban J connectivity index is 2.32. The van der Waals surface area contributed by atoms with Crippen molar-refractivity contribution >= 4 is 15.9 Å². The highest BCUT2D eigenvalue weighted by Crippen LogP contribution is 2.05. The molecule has 0 bridgehead atoms. The number of rotatable bonds is 2. The number of aromatic nitrogens is 3. The zero-order chi connectivity index (χ0) is 10.7. The molecule has 4 nitrogen and oxygen atoms in total. The zero-order valence-electron chi connectivity index (χ0n) is 7.80. The van der Waals surface area contributed by atoms with E-state index < -0.39 is 0 Å². The van der Waals surface area contributed by atoms with Gasteiger partial charge in [0.15, 0.2) is 0 Å². The second-order valence-electron chi connectivity index (χ2n) is 2.98. The van der Waals surface area contributed by atoms with Crippen LogP contribution in [0.15, 0.2) is 46.1 Å². The summed E-state index contributed by atoms with van der Waals surface area (Å²) in [5.74, 6) is 0.623. The van der Waals surface area contributed by atoms with Gasteiger partial charge in [-0.2, -0.15) is 0 Å². The molecule has 0 aromatic carbocycles. The lowest BCUT2D eigenvalue weighted by Crippen LogP contribution is -2.19. The second kappa shape index (κ2) is 4.35. The minimum absolute atomic E-state index is 0.0642. The molecule has 2 aromatic heterocycles. The Morgan fingerprint density at radius 3 is 2.73 bits per heavy atom. The van der Waals surface area contributed by atoms with Crippen LogP contribution in [0, 0.1) is 0 Å². The van der Waals surface area contributed by atoms with Crippen LogP contribution in [-0.4, -0.2) is 14.5 Å². The van der Waals surface area contributed by atoms with Crippen molar-refractivity contribution in [2.75, 3.05) is 0 Å². The first-order valence-corrected chi connectivity index (χ1v) is 5.17. The van der Waals surface area contributed by atoms with Crippen LogP contribution in [0.2, 0.25) is 0 Å². The van der Waals surface area contributed by atoms with Crippen molar-refractivity contribution in [3.05, 3.63) is 57.4 Å². The van der Waals surface area contributed by atoms with Gasteiger partial charge in [0.1, 0.15) is 5.82 Å². The lowest BCUT2D eigenvalue weighted by molar-refractivity contribution is 0.712. The highest BCUT2D eigenvalue weighted by molar-refractivity contribution is 9.10. The zero-order valence-corrected chi connectivity index (χ0v) is 9.39. The number of pyridine rings is 1. The number of nitrogens with zero attached hydrogens (tertiary/aromatic N) is 3. The van der Waals surface area contributed by atoms with Gasteiger partial charge < -0.3 is 4.57 Å². The third-order valence-corrected chi connectivity index (χ3v) is 2.35. The Kier molecular flexibility index (Phi) is 2.91. The molecule has 0 fully saturated rings. The Labute approximate surface area is 94.8 Å². The van der Waals surface area contributed by atoms with Crippen LogP contribution in [-0.2, 0) is 6.54 Å². The SMILES string of the molecule is O=c1ccc(Br)cn1Cc1ncccn1. The third-order valence-electron chi connectivity index (χ3n) is 1.88. The largest absolute Gasteiger partial charge is 0.307 e. The number of hydrogen-bond donors (Lipinski definition) is 0. The maximum atomic E-state index is 11.5. The number of halogens is 1. The van der Waals surface area contributed by atoms with Crippen molar-refractivity contribution < 1.29 is 0 Å². The molecule has 0 N–H and O–H groups in total. The summed E-state index contributed by atoms with van der Waals surface area (Å²) in [6, 6.07) is 4.96. The monoisotopic (exact) mass is 265 g/mol. The molecule has 2 rings (SSSR count). The van der Waals surface area contributed by atoms with Gasteiger partial charge in [-0.1, -0.05) is 0 Å². The Hall–Kier alpha value is -1.49.